The molecule has 56 heavy (non-hydrogen) atoms. The van der Waals surface area contributed by atoms with Crippen LogP contribution in [0.15, 0.2) is 212 Å². The van der Waals surface area contributed by atoms with Crippen LogP contribution < -0.4 is 0 Å². The van der Waals surface area contributed by atoms with E-state index in [-0.39, 0.29) is 0 Å². The fraction of sp³-hybridized carbons (Fsp3) is 0. The summed E-state index contributed by atoms with van der Waals surface area (Å²) in [5, 5.41) is 12.6. The molecule has 1 nitrogen and oxygen atoms in total. The number of benzene rings is 10. The molecule has 0 bridgehead atoms. The summed E-state index contributed by atoms with van der Waals surface area (Å²) in [7, 11) is 0. The van der Waals surface area contributed by atoms with Gasteiger partial charge in [0.15, 0.2) is 0 Å². The minimum Gasteiger partial charge on any atom is -0.247 e. The third-order valence-electron chi connectivity index (χ3n) is 11.4. The second kappa shape index (κ2) is 13.2. The topological polar surface area (TPSA) is 12.9 Å². The zero-order valence-electron chi connectivity index (χ0n) is 30.7. The van der Waals surface area contributed by atoms with Crippen molar-refractivity contribution >= 4 is 53.9 Å². The highest BCUT2D eigenvalue weighted by Crippen LogP contribution is 2.39. The smallest absolute Gasteiger partial charge is 0.0788 e. The summed E-state index contributed by atoms with van der Waals surface area (Å²) in [4.78, 5) is 5.41. The van der Waals surface area contributed by atoms with Crippen molar-refractivity contribution in [1.82, 2.24) is 4.98 Å². The van der Waals surface area contributed by atoms with Crippen molar-refractivity contribution in [3.63, 3.8) is 0 Å². The summed E-state index contributed by atoms with van der Waals surface area (Å²) in [5.41, 5.74) is 11.3. The second-order valence-electron chi connectivity index (χ2n) is 14.7. The van der Waals surface area contributed by atoms with Crippen molar-refractivity contribution in [3.05, 3.63) is 212 Å². The molecule has 11 rings (SSSR count). The van der Waals surface area contributed by atoms with Crippen LogP contribution in [0.4, 0.5) is 0 Å². The molecule has 0 radical (unpaired) electrons. The van der Waals surface area contributed by atoms with Crippen LogP contribution in [0.25, 0.3) is 110 Å². The van der Waals surface area contributed by atoms with Gasteiger partial charge in [-0.2, -0.15) is 0 Å². The van der Waals surface area contributed by atoms with Gasteiger partial charge in [-0.25, -0.2) is 4.98 Å². The van der Waals surface area contributed by atoms with Crippen LogP contribution in [-0.4, -0.2) is 4.98 Å². The first-order valence-corrected chi connectivity index (χ1v) is 19.3. The molecular weight excluding hydrogens is 675 g/mol. The van der Waals surface area contributed by atoms with Crippen molar-refractivity contribution in [1.29, 1.82) is 0 Å². The highest BCUT2D eigenvalue weighted by atomic mass is 14.7. The fourth-order valence-electron chi connectivity index (χ4n) is 8.70. The standard InChI is InChI=1S/C55H35N/c1-3-22-45-36(13-1)15-12-28-46(45)41-19-11-21-44(33-41)55-47-23-4-2-14-42(47)35-54(56-55)43-20-10-18-39(32-43)37-16-9-17-38(31-37)40-29-30-52-50-26-6-5-24-48(50)49-25-7-8-27-51(49)53(52)34-40/h1-35H. The minimum atomic E-state index is 0.959. The Hall–Kier alpha value is -7.35. The van der Waals surface area contributed by atoms with Crippen LogP contribution in [0, 0.1) is 0 Å². The van der Waals surface area contributed by atoms with Crippen molar-refractivity contribution in [3.8, 4) is 55.9 Å². The van der Waals surface area contributed by atoms with Gasteiger partial charge in [0.25, 0.3) is 0 Å². The van der Waals surface area contributed by atoms with Gasteiger partial charge in [0, 0.05) is 16.5 Å². The van der Waals surface area contributed by atoms with Gasteiger partial charge in [-0.05, 0) is 112 Å². The van der Waals surface area contributed by atoms with Gasteiger partial charge < -0.3 is 0 Å². The molecule has 0 N–H and O–H groups in total. The van der Waals surface area contributed by atoms with Crippen LogP contribution in [0.5, 0.6) is 0 Å². The van der Waals surface area contributed by atoms with Gasteiger partial charge in [0.2, 0.25) is 0 Å². The number of aromatic nitrogens is 1. The van der Waals surface area contributed by atoms with E-state index in [1.165, 1.54) is 76.3 Å². The quantitative estimate of drug-likeness (QED) is 0.162. The van der Waals surface area contributed by atoms with E-state index in [2.05, 4.69) is 212 Å². The Bertz CT molecular complexity index is 3280. The molecule has 11 aromatic rings. The van der Waals surface area contributed by atoms with Crippen molar-refractivity contribution in [2.24, 2.45) is 0 Å². The highest BCUT2D eigenvalue weighted by Gasteiger charge is 2.14. The molecule has 0 unspecified atom stereocenters. The molecule has 0 atom stereocenters. The maximum absolute atomic E-state index is 5.41. The third kappa shape index (κ3) is 5.44. The zero-order valence-corrected chi connectivity index (χ0v) is 30.7. The summed E-state index contributed by atoms with van der Waals surface area (Å²) >= 11 is 0. The molecule has 0 aliphatic heterocycles. The third-order valence-corrected chi connectivity index (χ3v) is 11.4. The van der Waals surface area contributed by atoms with E-state index < -0.39 is 0 Å². The predicted molar refractivity (Wildman–Crippen MR) is 239 cm³/mol. The Morgan fingerprint density at radius 3 is 1.38 bits per heavy atom. The molecule has 0 saturated carbocycles. The van der Waals surface area contributed by atoms with E-state index in [1.54, 1.807) is 0 Å². The molecule has 1 heteroatoms. The van der Waals surface area contributed by atoms with Crippen molar-refractivity contribution < 1.29 is 0 Å². The monoisotopic (exact) mass is 709 g/mol. The molecule has 1 heterocycles. The Balaban J connectivity index is 0.994. The molecular formula is C55H35N. The molecule has 0 aliphatic carbocycles. The van der Waals surface area contributed by atoms with Gasteiger partial charge in [-0.3, -0.25) is 0 Å². The lowest BCUT2D eigenvalue weighted by Gasteiger charge is -2.14. The van der Waals surface area contributed by atoms with Crippen LogP contribution in [0.2, 0.25) is 0 Å². The average molecular weight is 710 g/mol. The van der Waals surface area contributed by atoms with Crippen LogP contribution >= 0.6 is 0 Å². The SMILES string of the molecule is c1cc(-c2cccc(-c3cc4ccccc4c(-c4cccc(-c5cccc6ccccc56)c4)n3)c2)cc(-c2ccc3c4ccccc4c4ccccc4c3c2)c1. The van der Waals surface area contributed by atoms with Gasteiger partial charge in [-0.15, -0.1) is 0 Å². The largest absolute Gasteiger partial charge is 0.247 e. The molecule has 0 saturated heterocycles. The lowest BCUT2D eigenvalue weighted by molar-refractivity contribution is 1.35. The Labute approximate surface area is 325 Å². The van der Waals surface area contributed by atoms with Crippen molar-refractivity contribution in [2.75, 3.05) is 0 Å². The van der Waals surface area contributed by atoms with Crippen LogP contribution in [0.1, 0.15) is 0 Å². The lowest BCUT2D eigenvalue weighted by Crippen LogP contribution is -1.92. The number of fused-ring (bicyclic) bond motifs is 8. The summed E-state index contributed by atoms with van der Waals surface area (Å²) in [6, 6.07) is 77.1. The summed E-state index contributed by atoms with van der Waals surface area (Å²) < 4.78 is 0. The lowest BCUT2D eigenvalue weighted by atomic mass is 9.91. The van der Waals surface area contributed by atoms with E-state index in [1.807, 2.05) is 0 Å². The number of hydrogen-bond donors (Lipinski definition) is 0. The Kier molecular flexibility index (Phi) is 7.57. The van der Waals surface area contributed by atoms with E-state index in [0.717, 1.165) is 33.5 Å². The Morgan fingerprint density at radius 1 is 0.232 bits per heavy atom. The first-order chi connectivity index (χ1) is 27.7. The number of rotatable bonds is 5. The first-order valence-electron chi connectivity index (χ1n) is 19.3. The highest BCUT2D eigenvalue weighted by molar-refractivity contribution is 6.25. The summed E-state index contributed by atoms with van der Waals surface area (Å²) in [5.74, 6) is 0. The maximum atomic E-state index is 5.41. The minimum absolute atomic E-state index is 0.959. The van der Waals surface area contributed by atoms with Crippen LogP contribution in [0.3, 0.4) is 0 Å². The van der Waals surface area contributed by atoms with E-state index >= 15 is 0 Å². The van der Waals surface area contributed by atoms with Gasteiger partial charge in [-0.1, -0.05) is 182 Å². The van der Waals surface area contributed by atoms with Gasteiger partial charge in [0.1, 0.15) is 0 Å². The number of nitrogens with zero attached hydrogens (tertiary/aromatic N) is 1. The molecule has 10 aromatic carbocycles. The van der Waals surface area contributed by atoms with Crippen molar-refractivity contribution in [2.45, 2.75) is 0 Å². The fourth-order valence-corrected chi connectivity index (χ4v) is 8.70. The number of pyridine rings is 1. The average Bonchev–Trinajstić information content (AvgIpc) is 3.28. The molecule has 0 amide bonds. The maximum Gasteiger partial charge on any atom is 0.0788 e. The zero-order chi connectivity index (χ0) is 37.0. The summed E-state index contributed by atoms with van der Waals surface area (Å²) in [6.07, 6.45) is 0. The normalized spacial score (nSPS) is 11.6. The first kappa shape index (κ1) is 32.1. The molecule has 260 valence electrons. The molecule has 0 fully saturated rings. The molecule has 0 aliphatic rings. The van der Waals surface area contributed by atoms with E-state index in [4.69, 9.17) is 4.98 Å². The van der Waals surface area contributed by atoms with Gasteiger partial charge >= 0.3 is 0 Å². The summed E-state index contributed by atoms with van der Waals surface area (Å²) in [6.45, 7) is 0. The second-order valence-corrected chi connectivity index (χ2v) is 14.7. The molecule has 1 aromatic heterocycles. The molecule has 0 spiro atoms. The van der Waals surface area contributed by atoms with E-state index in [0.29, 0.717) is 0 Å². The van der Waals surface area contributed by atoms with E-state index in [9.17, 15) is 0 Å². The number of hydrogen-bond acceptors (Lipinski definition) is 1. The van der Waals surface area contributed by atoms with Gasteiger partial charge in [0.05, 0.1) is 11.4 Å². The predicted octanol–water partition coefficient (Wildman–Crippen LogP) is 15.2. The van der Waals surface area contributed by atoms with Crippen LogP contribution in [-0.2, 0) is 0 Å². The Morgan fingerprint density at radius 2 is 0.679 bits per heavy atom.